The van der Waals surface area contributed by atoms with Crippen LogP contribution in [0.1, 0.15) is 105 Å². The van der Waals surface area contributed by atoms with Crippen molar-refractivity contribution in [3.63, 3.8) is 0 Å². The van der Waals surface area contributed by atoms with Gasteiger partial charge >= 0.3 is 0 Å². The molecule has 1 N–H and O–H groups in total. The zero-order chi connectivity index (χ0) is 20.2. The summed E-state index contributed by atoms with van der Waals surface area (Å²) < 4.78 is 6.04. The van der Waals surface area contributed by atoms with E-state index in [4.69, 9.17) is 4.74 Å². The van der Waals surface area contributed by atoms with Crippen LogP contribution in [0, 0.1) is 46.3 Å². The van der Waals surface area contributed by atoms with E-state index >= 15 is 0 Å². The lowest BCUT2D eigenvalue weighted by molar-refractivity contribution is -0.336. The molecule has 0 aromatic carbocycles. The first-order chi connectivity index (χ1) is 13.2. The minimum absolute atomic E-state index is 0.0174. The predicted molar refractivity (Wildman–Crippen MR) is 116 cm³/mol. The fourth-order valence-corrected chi connectivity index (χ4v) is 8.74. The molecule has 1 heterocycles. The van der Waals surface area contributed by atoms with Gasteiger partial charge in [-0.15, -0.1) is 0 Å². The molecule has 4 aliphatic rings. The van der Waals surface area contributed by atoms with Gasteiger partial charge in [0.25, 0.3) is 0 Å². The van der Waals surface area contributed by atoms with Gasteiger partial charge in [-0.05, 0) is 85.9 Å². The van der Waals surface area contributed by atoms with E-state index in [0.29, 0.717) is 11.3 Å². The average Bonchev–Trinajstić information content (AvgIpc) is 2.99. The third kappa shape index (κ3) is 3.20. The number of aliphatic hydroxyl groups is 1. The van der Waals surface area contributed by atoms with Gasteiger partial charge in [0.05, 0.1) is 6.61 Å². The van der Waals surface area contributed by atoms with Crippen LogP contribution in [-0.2, 0) is 4.74 Å². The lowest BCUT2D eigenvalue weighted by atomic mass is 9.46. The molecular weight excluding hydrogens is 344 g/mol. The van der Waals surface area contributed by atoms with E-state index in [-0.39, 0.29) is 5.41 Å². The minimum atomic E-state index is -0.845. The van der Waals surface area contributed by atoms with Crippen LogP contribution >= 0.6 is 0 Å². The smallest absolute Gasteiger partial charge is 0.171 e. The Morgan fingerprint density at radius 1 is 0.929 bits per heavy atom. The highest BCUT2D eigenvalue weighted by Gasteiger charge is 2.64. The molecule has 0 spiro atoms. The second-order valence-corrected chi connectivity index (χ2v) is 12.1. The molecule has 1 unspecified atom stereocenters. The highest BCUT2D eigenvalue weighted by atomic mass is 16.6. The second-order valence-electron chi connectivity index (χ2n) is 12.1. The summed E-state index contributed by atoms with van der Waals surface area (Å²) in [6.07, 6.45) is 14.1. The molecule has 0 aromatic heterocycles. The van der Waals surface area contributed by atoms with Crippen molar-refractivity contribution in [3.05, 3.63) is 0 Å². The summed E-state index contributed by atoms with van der Waals surface area (Å²) in [6, 6.07) is 0. The zero-order valence-corrected chi connectivity index (χ0v) is 19.3. The fourth-order valence-electron chi connectivity index (χ4n) is 8.74. The third-order valence-corrected chi connectivity index (χ3v) is 10.3. The van der Waals surface area contributed by atoms with Crippen molar-refractivity contribution >= 4 is 0 Å². The van der Waals surface area contributed by atoms with Gasteiger partial charge in [-0.25, -0.2) is 0 Å². The minimum Gasteiger partial charge on any atom is -0.365 e. The van der Waals surface area contributed by atoms with Crippen LogP contribution < -0.4 is 0 Å². The van der Waals surface area contributed by atoms with Gasteiger partial charge in [0.1, 0.15) is 0 Å². The molecule has 1 aliphatic heterocycles. The molecule has 2 heteroatoms. The van der Waals surface area contributed by atoms with Crippen LogP contribution in [0.4, 0.5) is 0 Å². The summed E-state index contributed by atoms with van der Waals surface area (Å²) in [4.78, 5) is 0. The lowest BCUT2D eigenvalue weighted by Crippen LogP contribution is -2.62. The lowest BCUT2D eigenvalue weighted by Gasteiger charge is -2.63. The number of ether oxygens (including phenoxy) is 1. The first kappa shape index (κ1) is 21.2. The predicted octanol–water partition coefficient (Wildman–Crippen LogP) is 6.81. The summed E-state index contributed by atoms with van der Waals surface area (Å²) >= 11 is 0. The molecule has 2 nitrogen and oxygen atoms in total. The first-order valence-electron chi connectivity index (χ1n) is 12.6. The summed E-state index contributed by atoms with van der Waals surface area (Å²) in [7, 11) is 0. The van der Waals surface area contributed by atoms with E-state index in [1.165, 1.54) is 51.4 Å². The maximum absolute atomic E-state index is 11.4. The molecule has 8 atom stereocenters. The van der Waals surface area contributed by atoms with Crippen molar-refractivity contribution in [2.75, 3.05) is 6.61 Å². The Balaban J connectivity index is 1.49. The molecular formula is C26H46O2. The van der Waals surface area contributed by atoms with E-state index in [0.717, 1.165) is 55.5 Å². The zero-order valence-electron chi connectivity index (χ0n) is 19.3. The van der Waals surface area contributed by atoms with E-state index in [2.05, 4.69) is 34.6 Å². The van der Waals surface area contributed by atoms with E-state index in [1.54, 1.807) is 0 Å². The molecule has 4 fully saturated rings. The van der Waals surface area contributed by atoms with Gasteiger partial charge in [-0.1, -0.05) is 53.9 Å². The Labute approximate surface area is 174 Å². The number of hydrogen-bond acceptors (Lipinski definition) is 2. The Morgan fingerprint density at radius 3 is 2.46 bits per heavy atom. The monoisotopic (exact) mass is 390 g/mol. The number of fused-ring (bicyclic) bond motifs is 5. The van der Waals surface area contributed by atoms with Crippen LogP contribution in [0.25, 0.3) is 0 Å². The normalized spacial score (nSPS) is 49.4. The summed E-state index contributed by atoms with van der Waals surface area (Å²) in [6.45, 7) is 13.1. The van der Waals surface area contributed by atoms with E-state index in [9.17, 15) is 5.11 Å². The number of rotatable bonds is 5. The summed E-state index contributed by atoms with van der Waals surface area (Å²) in [5.74, 6) is 4.16. The topological polar surface area (TPSA) is 29.5 Å². The van der Waals surface area contributed by atoms with Crippen LogP contribution in [0.15, 0.2) is 0 Å². The molecule has 0 amide bonds. The van der Waals surface area contributed by atoms with Gasteiger partial charge in [0, 0.05) is 11.8 Å². The van der Waals surface area contributed by atoms with Crippen molar-refractivity contribution in [1.29, 1.82) is 0 Å². The van der Waals surface area contributed by atoms with Crippen molar-refractivity contribution in [3.8, 4) is 0 Å². The Bertz CT molecular complexity index is 559. The van der Waals surface area contributed by atoms with Crippen LogP contribution in [0.3, 0.4) is 0 Å². The molecule has 3 aliphatic carbocycles. The molecule has 162 valence electrons. The van der Waals surface area contributed by atoms with Gasteiger partial charge < -0.3 is 9.84 Å². The summed E-state index contributed by atoms with van der Waals surface area (Å²) in [5, 5.41) is 11.4. The molecule has 28 heavy (non-hydrogen) atoms. The molecule has 4 rings (SSSR count). The van der Waals surface area contributed by atoms with Crippen LogP contribution in [0.5, 0.6) is 0 Å². The SMILES string of the molecule is CC(C)CCC[C@@H](C)[C@H]1CC[C@H]2[C@@H]3CCC4(O)OCCC[C@]4(C)[C@H]3CC[C@]12C. The first-order valence-corrected chi connectivity index (χ1v) is 12.6. The average molecular weight is 391 g/mol. The van der Waals surface area contributed by atoms with Gasteiger partial charge in [-0.3, -0.25) is 0 Å². The standard InChI is InChI=1S/C26H46O2/c1-18(2)8-6-9-19(3)21-10-11-22-20-12-16-26(27)25(5,14-7-17-28-26)23(20)13-15-24(21,22)4/h18-23,27H,6-17H2,1-5H3/t19-,20+,21-,22+,23+,24-,25-,26?/m1/s1. The maximum atomic E-state index is 11.4. The van der Waals surface area contributed by atoms with E-state index in [1.807, 2.05) is 0 Å². The Kier molecular flexibility index (Phi) is 5.71. The molecule has 0 radical (unpaired) electrons. The summed E-state index contributed by atoms with van der Waals surface area (Å²) in [5.41, 5.74) is 0.524. The molecule has 1 saturated heterocycles. The largest absolute Gasteiger partial charge is 0.365 e. The Morgan fingerprint density at radius 2 is 1.71 bits per heavy atom. The molecule has 0 bridgehead atoms. The highest BCUT2D eigenvalue weighted by molar-refractivity contribution is 5.11. The maximum Gasteiger partial charge on any atom is 0.171 e. The van der Waals surface area contributed by atoms with Crippen molar-refractivity contribution in [2.24, 2.45) is 46.3 Å². The highest BCUT2D eigenvalue weighted by Crippen LogP contribution is 2.68. The van der Waals surface area contributed by atoms with E-state index < -0.39 is 5.79 Å². The van der Waals surface area contributed by atoms with Crippen molar-refractivity contribution in [1.82, 2.24) is 0 Å². The fraction of sp³-hybridized carbons (Fsp3) is 1.00. The molecule has 0 aromatic rings. The van der Waals surface area contributed by atoms with Crippen LogP contribution in [-0.4, -0.2) is 17.5 Å². The van der Waals surface area contributed by atoms with Crippen molar-refractivity contribution < 1.29 is 9.84 Å². The van der Waals surface area contributed by atoms with Gasteiger partial charge in [0.2, 0.25) is 0 Å². The van der Waals surface area contributed by atoms with Gasteiger partial charge in [0.15, 0.2) is 5.79 Å². The van der Waals surface area contributed by atoms with Gasteiger partial charge in [-0.2, -0.15) is 0 Å². The molecule has 3 saturated carbocycles. The Hall–Kier alpha value is -0.0800. The quantitative estimate of drug-likeness (QED) is 0.559. The number of hydrogen-bond donors (Lipinski definition) is 1. The van der Waals surface area contributed by atoms with Crippen LogP contribution in [0.2, 0.25) is 0 Å². The second kappa shape index (κ2) is 7.56. The third-order valence-electron chi connectivity index (χ3n) is 10.3. The van der Waals surface area contributed by atoms with Crippen molar-refractivity contribution in [2.45, 2.75) is 111 Å².